The van der Waals surface area contributed by atoms with Crippen molar-refractivity contribution >= 4 is 17.6 Å². The fraction of sp³-hybridized carbons (Fsp3) is 0.438. The predicted octanol–water partition coefficient (Wildman–Crippen LogP) is 1.94. The lowest BCUT2D eigenvalue weighted by molar-refractivity contribution is -0.128. The van der Waals surface area contributed by atoms with E-state index in [1.165, 1.54) is 0 Å². The molecule has 0 bridgehead atoms. The summed E-state index contributed by atoms with van der Waals surface area (Å²) in [6, 6.07) is 8.41. The van der Waals surface area contributed by atoms with Crippen molar-refractivity contribution in [2.75, 3.05) is 25.0 Å². The van der Waals surface area contributed by atoms with Gasteiger partial charge >= 0.3 is 6.03 Å². The Kier molecular flexibility index (Phi) is 5.37. The van der Waals surface area contributed by atoms with Gasteiger partial charge in [0.1, 0.15) is 0 Å². The fourth-order valence-electron chi connectivity index (χ4n) is 2.41. The number of rotatable bonds is 5. The molecule has 0 spiro atoms. The van der Waals surface area contributed by atoms with Crippen molar-refractivity contribution in [3.05, 3.63) is 29.8 Å². The second-order valence-corrected chi connectivity index (χ2v) is 5.57. The first kappa shape index (κ1) is 15.8. The van der Waals surface area contributed by atoms with E-state index in [9.17, 15) is 9.59 Å². The number of carbonyl (C=O) groups excluding carboxylic acids is 2. The van der Waals surface area contributed by atoms with Crippen molar-refractivity contribution in [3.8, 4) is 6.07 Å². The molecule has 6 nitrogen and oxygen atoms in total. The Morgan fingerprint density at radius 1 is 1.41 bits per heavy atom. The zero-order valence-corrected chi connectivity index (χ0v) is 12.6. The van der Waals surface area contributed by atoms with Gasteiger partial charge in [0.05, 0.1) is 11.6 Å². The van der Waals surface area contributed by atoms with Crippen LogP contribution in [0.3, 0.4) is 0 Å². The number of hydrogen-bond donors (Lipinski definition) is 2. The van der Waals surface area contributed by atoms with Gasteiger partial charge in [-0.15, -0.1) is 0 Å². The minimum absolute atomic E-state index is 0.203. The second-order valence-electron chi connectivity index (χ2n) is 5.57. The van der Waals surface area contributed by atoms with Crippen molar-refractivity contribution in [1.29, 1.82) is 5.26 Å². The standard InChI is InChI=1S/C16H20N4O2/c1-12(11-20-8-2-3-15(20)21)10-18-16(22)19-14-6-4-13(9-17)5-7-14/h4-7,12H,2-3,8,10-11H2,1H3,(H2,18,19,22). The van der Waals surface area contributed by atoms with Gasteiger partial charge < -0.3 is 15.5 Å². The molecule has 1 atom stereocenters. The van der Waals surface area contributed by atoms with Crippen LogP contribution in [0.2, 0.25) is 0 Å². The predicted molar refractivity (Wildman–Crippen MR) is 83.2 cm³/mol. The molecule has 3 amide bonds. The Morgan fingerprint density at radius 3 is 2.73 bits per heavy atom. The van der Waals surface area contributed by atoms with Crippen LogP contribution in [0.5, 0.6) is 0 Å². The van der Waals surface area contributed by atoms with Gasteiger partial charge in [-0.1, -0.05) is 6.92 Å². The first-order valence-electron chi connectivity index (χ1n) is 7.41. The third-order valence-corrected chi connectivity index (χ3v) is 3.59. The van der Waals surface area contributed by atoms with Gasteiger partial charge in [0.2, 0.25) is 5.91 Å². The van der Waals surface area contributed by atoms with Gasteiger partial charge in [-0.05, 0) is 36.6 Å². The molecule has 0 aliphatic carbocycles. The molecule has 1 saturated heterocycles. The third-order valence-electron chi connectivity index (χ3n) is 3.59. The van der Waals surface area contributed by atoms with Crippen LogP contribution in [0.4, 0.5) is 10.5 Å². The Morgan fingerprint density at radius 2 is 2.14 bits per heavy atom. The van der Waals surface area contributed by atoms with E-state index in [-0.39, 0.29) is 17.9 Å². The number of likely N-dealkylation sites (tertiary alicyclic amines) is 1. The summed E-state index contributed by atoms with van der Waals surface area (Å²) in [6.45, 7) is 4.01. The lowest BCUT2D eigenvalue weighted by atomic mass is 10.1. The molecule has 1 unspecified atom stereocenters. The van der Waals surface area contributed by atoms with E-state index in [1.807, 2.05) is 17.9 Å². The SMILES string of the molecule is CC(CNC(=O)Nc1ccc(C#N)cc1)CN1CCCC1=O. The van der Waals surface area contributed by atoms with Crippen molar-refractivity contribution in [2.24, 2.45) is 5.92 Å². The molecule has 1 heterocycles. The number of nitrogens with zero attached hydrogens (tertiary/aromatic N) is 2. The van der Waals surface area contributed by atoms with E-state index in [0.29, 0.717) is 30.8 Å². The molecule has 2 N–H and O–H groups in total. The molecular formula is C16H20N4O2. The largest absolute Gasteiger partial charge is 0.342 e. The van der Waals surface area contributed by atoms with Crippen LogP contribution in [-0.4, -0.2) is 36.5 Å². The minimum Gasteiger partial charge on any atom is -0.342 e. The van der Waals surface area contributed by atoms with Gasteiger partial charge in [-0.3, -0.25) is 4.79 Å². The highest BCUT2D eigenvalue weighted by molar-refractivity contribution is 5.89. The van der Waals surface area contributed by atoms with Crippen LogP contribution in [0.1, 0.15) is 25.3 Å². The molecule has 1 aliphatic rings. The van der Waals surface area contributed by atoms with E-state index >= 15 is 0 Å². The number of carbonyl (C=O) groups is 2. The van der Waals surface area contributed by atoms with Crippen LogP contribution < -0.4 is 10.6 Å². The minimum atomic E-state index is -0.288. The Hall–Kier alpha value is -2.55. The lowest BCUT2D eigenvalue weighted by Gasteiger charge is -2.21. The topological polar surface area (TPSA) is 85.2 Å². The number of hydrogen-bond acceptors (Lipinski definition) is 3. The highest BCUT2D eigenvalue weighted by Gasteiger charge is 2.21. The maximum absolute atomic E-state index is 11.8. The van der Waals surface area contributed by atoms with Crippen LogP contribution in [0, 0.1) is 17.2 Å². The summed E-state index contributed by atoms with van der Waals surface area (Å²) in [5.41, 5.74) is 1.19. The quantitative estimate of drug-likeness (QED) is 0.871. The molecule has 0 saturated carbocycles. The average molecular weight is 300 g/mol. The zero-order chi connectivity index (χ0) is 15.9. The first-order valence-corrected chi connectivity index (χ1v) is 7.41. The highest BCUT2D eigenvalue weighted by Crippen LogP contribution is 2.12. The maximum atomic E-state index is 11.8. The van der Waals surface area contributed by atoms with Gasteiger partial charge in [0.25, 0.3) is 0 Å². The molecule has 0 aromatic heterocycles. The van der Waals surface area contributed by atoms with Gasteiger partial charge in [-0.25, -0.2) is 4.79 Å². The van der Waals surface area contributed by atoms with E-state index in [0.717, 1.165) is 13.0 Å². The summed E-state index contributed by atoms with van der Waals surface area (Å²) in [5.74, 6) is 0.405. The van der Waals surface area contributed by atoms with E-state index < -0.39 is 0 Å². The average Bonchev–Trinajstić information content (AvgIpc) is 2.91. The van der Waals surface area contributed by atoms with Crippen molar-refractivity contribution in [2.45, 2.75) is 19.8 Å². The molecule has 22 heavy (non-hydrogen) atoms. The van der Waals surface area contributed by atoms with Crippen molar-refractivity contribution in [1.82, 2.24) is 10.2 Å². The Labute approximate surface area is 130 Å². The molecular weight excluding hydrogens is 280 g/mol. The van der Waals surface area contributed by atoms with Gasteiger partial charge in [0.15, 0.2) is 0 Å². The summed E-state index contributed by atoms with van der Waals surface area (Å²) in [4.78, 5) is 25.2. The first-order chi connectivity index (χ1) is 10.6. The molecule has 0 radical (unpaired) electrons. The van der Waals surface area contributed by atoms with Crippen molar-refractivity contribution < 1.29 is 9.59 Å². The molecule has 2 rings (SSSR count). The number of amides is 3. The normalized spacial score (nSPS) is 15.3. The Bertz CT molecular complexity index is 577. The molecule has 1 aromatic carbocycles. The monoisotopic (exact) mass is 300 g/mol. The maximum Gasteiger partial charge on any atom is 0.319 e. The fourth-order valence-corrected chi connectivity index (χ4v) is 2.41. The second kappa shape index (κ2) is 7.46. The van der Waals surface area contributed by atoms with Crippen LogP contribution >= 0.6 is 0 Å². The summed E-state index contributed by atoms with van der Waals surface area (Å²) in [6.07, 6.45) is 1.57. The zero-order valence-electron chi connectivity index (χ0n) is 12.6. The summed E-state index contributed by atoms with van der Waals surface area (Å²) in [7, 11) is 0. The molecule has 1 aromatic rings. The molecule has 116 valence electrons. The van der Waals surface area contributed by atoms with E-state index in [4.69, 9.17) is 5.26 Å². The van der Waals surface area contributed by atoms with Crippen LogP contribution in [-0.2, 0) is 4.79 Å². The van der Waals surface area contributed by atoms with E-state index in [1.54, 1.807) is 24.3 Å². The van der Waals surface area contributed by atoms with Crippen molar-refractivity contribution in [3.63, 3.8) is 0 Å². The molecule has 1 aliphatic heterocycles. The Balaban J connectivity index is 1.72. The van der Waals surface area contributed by atoms with Crippen LogP contribution in [0.15, 0.2) is 24.3 Å². The number of nitriles is 1. The molecule has 6 heteroatoms. The van der Waals surface area contributed by atoms with Gasteiger partial charge in [-0.2, -0.15) is 5.26 Å². The summed E-state index contributed by atoms with van der Waals surface area (Å²) < 4.78 is 0. The number of anilines is 1. The van der Waals surface area contributed by atoms with Crippen LogP contribution in [0.25, 0.3) is 0 Å². The lowest BCUT2D eigenvalue weighted by Crippen LogP contribution is -2.37. The molecule has 1 fully saturated rings. The smallest absolute Gasteiger partial charge is 0.319 e. The number of benzene rings is 1. The van der Waals surface area contributed by atoms with E-state index in [2.05, 4.69) is 10.6 Å². The third kappa shape index (κ3) is 4.48. The highest BCUT2D eigenvalue weighted by atomic mass is 16.2. The summed E-state index contributed by atoms with van der Waals surface area (Å²) >= 11 is 0. The summed E-state index contributed by atoms with van der Waals surface area (Å²) in [5, 5.41) is 14.2. The van der Waals surface area contributed by atoms with Gasteiger partial charge in [0, 0.05) is 31.7 Å². The number of urea groups is 1. The number of nitrogens with one attached hydrogen (secondary N) is 2.